The largest absolute Gasteiger partial charge is 0.454 e. The van der Waals surface area contributed by atoms with Crippen molar-refractivity contribution in [3.63, 3.8) is 0 Å². The summed E-state index contributed by atoms with van der Waals surface area (Å²) in [5.41, 5.74) is 1.81. The molecule has 1 amide bonds. The molecule has 8 heteroatoms. The molecular weight excluding hydrogens is 378 g/mol. The second-order valence-electron chi connectivity index (χ2n) is 7.00. The van der Waals surface area contributed by atoms with Gasteiger partial charge < -0.3 is 33.3 Å². The van der Waals surface area contributed by atoms with Crippen molar-refractivity contribution in [3.8, 4) is 23.0 Å². The summed E-state index contributed by atoms with van der Waals surface area (Å²) < 4.78 is 32.7. The number of fused-ring (bicyclic) bond motifs is 2. The van der Waals surface area contributed by atoms with E-state index in [4.69, 9.17) is 28.4 Å². The Kier molecular flexibility index (Phi) is 4.87. The fraction of sp³-hybridized carbons (Fsp3) is 0.381. The topological polar surface area (TPSA) is 75.7 Å². The molecule has 3 aliphatic rings. The number of nitrogens with zero attached hydrogens (tertiary/aromatic N) is 1. The predicted molar refractivity (Wildman–Crippen MR) is 99.9 cm³/mol. The molecule has 29 heavy (non-hydrogen) atoms. The van der Waals surface area contributed by atoms with Crippen LogP contribution in [0.2, 0.25) is 0 Å². The monoisotopic (exact) mass is 399 g/mol. The highest BCUT2D eigenvalue weighted by atomic mass is 16.7. The second kappa shape index (κ2) is 7.81. The van der Waals surface area contributed by atoms with Gasteiger partial charge in [-0.15, -0.1) is 0 Å². The first-order valence-electron chi connectivity index (χ1n) is 9.53. The van der Waals surface area contributed by atoms with Crippen LogP contribution in [-0.2, 0) is 27.2 Å². The van der Waals surface area contributed by atoms with Gasteiger partial charge in [-0.3, -0.25) is 4.79 Å². The first-order valence-corrected chi connectivity index (χ1v) is 9.53. The molecule has 0 N–H and O–H groups in total. The highest BCUT2D eigenvalue weighted by molar-refractivity contribution is 5.79. The second-order valence-corrected chi connectivity index (χ2v) is 7.00. The average molecular weight is 399 g/mol. The van der Waals surface area contributed by atoms with Crippen LogP contribution in [0.3, 0.4) is 0 Å². The van der Waals surface area contributed by atoms with Gasteiger partial charge >= 0.3 is 0 Å². The van der Waals surface area contributed by atoms with E-state index < -0.39 is 6.29 Å². The van der Waals surface area contributed by atoms with Crippen molar-refractivity contribution in [2.75, 3.05) is 33.3 Å². The zero-order valence-corrected chi connectivity index (χ0v) is 15.8. The normalized spacial score (nSPS) is 17.0. The van der Waals surface area contributed by atoms with Crippen LogP contribution in [0.1, 0.15) is 11.1 Å². The van der Waals surface area contributed by atoms with Crippen molar-refractivity contribution < 1.29 is 33.2 Å². The van der Waals surface area contributed by atoms with Gasteiger partial charge in [-0.05, 0) is 35.4 Å². The Morgan fingerprint density at radius 1 is 0.828 bits per heavy atom. The molecule has 5 rings (SSSR count). The standard InChI is InChI=1S/C21H21NO7/c23-20(9-14-1-3-16-18(7-14)28-12-26-16)22(11-21-24-5-6-25-21)10-15-2-4-17-19(8-15)29-13-27-17/h1-4,7-8,21H,5-6,9-13H2. The third kappa shape index (κ3) is 3.94. The molecule has 0 radical (unpaired) electrons. The number of carbonyl (C=O) groups is 1. The van der Waals surface area contributed by atoms with Crippen molar-refractivity contribution in [2.45, 2.75) is 19.3 Å². The molecular formula is C21H21NO7. The van der Waals surface area contributed by atoms with Gasteiger partial charge in [0, 0.05) is 6.54 Å². The summed E-state index contributed by atoms with van der Waals surface area (Å²) in [5, 5.41) is 0. The molecule has 152 valence electrons. The highest BCUT2D eigenvalue weighted by Gasteiger charge is 2.25. The Balaban J connectivity index is 1.32. The Bertz CT molecular complexity index is 910. The minimum absolute atomic E-state index is 0.0272. The van der Waals surface area contributed by atoms with E-state index >= 15 is 0 Å². The average Bonchev–Trinajstić information content (AvgIpc) is 3.48. The molecule has 0 spiro atoms. The zero-order chi connectivity index (χ0) is 19.6. The maximum atomic E-state index is 13.1. The fourth-order valence-corrected chi connectivity index (χ4v) is 3.54. The van der Waals surface area contributed by atoms with E-state index in [1.807, 2.05) is 36.4 Å². The van der Waals surface area contributed by atoms with E-state index in [-0.39, 0.29) is 25.9 Å². The van der Waals surface area contributed by atoms with Gasteiger partial charge in [0.1, 0.15) is 0 Å². The van der Waals surface area contributed by atoms with Crippen molar-refractivity contribution in [1.82, 2.24) is 4.90 Å². The number of hydrogen-bond acceptors (Lipinski definition) is 7. The summed E-state index contributed by atoms with van der Waals surface area (Å²) in [5.74, 6) is 2.75. The summed E-state index contributed by atoms with van der Waals surface area (Å²) in [7, 11) is 0. The number of hydrogen-bond donors (Lipinski definition) is 0. The molecule has 0 saturated carbocycles. The lowest BCUT2D eigenvalue weighted by atomic mass is 10.1. The smallest absolute Gasteiger partial charge is 0.231 e. The van der Waals surface area contributed by atoms with Gasteiger partial charge in [0.2, 0.25) is 19.5 Å². The van der Waals surface area contributed by atoms with Crippen molar-refractivity contribution in [2.24, 2.45) is 0 Å². The molecule has 3 heterocycles. The number of rotatable bonds is 6. The molecule has 8 nitrogen and oxygen atoms in total. The first-order chi connectivity index (χ1) is 14.2. The van der Waals surface area contributed by atoms with Crippen LogP contribution < -0.4 is 18.9 Å². The third-order valence-electron chi connectivity index (χ3n) is 5.02. The summed E-state index contributed by atoms with van der Waals surface area (Å²) in [6.07, 6.45) is -0.168. The quantitative estimate of drug-likeness (QED) is 0.736. The van der Waals surface area contributed by atoms with Crippen LogP contribution in [0, 0.1) is 0 Å². The Labute approximate surface area is 167 Å². The Hall–Kier alpha value is -2.97. The first kappa shape index (κ1) is 18.1. The summed E-state index contributed by atoms with van der Waals surface area (Å²) in [6, 6.07) is 11.3. The van der Waals surface area contributed by atoms with Crippen LogP contribution in [0.25, 0.3) is 0 Å². The molecule has 0 bridgehead atoms. The number of benzene rings is 2. The molecule has 0 aliphatic carbocycles. The van der Waals surface area contributed by atoms with Gasteiger partial charge in [-0.2, -0.15) is 0 Å². The van der Waals surface area contributed by atoms with Gasteiger partial charge in [-0.1, -0.05) is 12.1 Å². The van der Waals surface area contributed by atoms with E-state index in [0.717, 1.165) is 16.9 Å². The number of ether oxygens (including phenoxy) is 6. The SMILES string of the molecule is O=C(Cc1ccc2c(c1)OCO2)N(Cc1ccc2c(c1)OCO2)CC1OCCO1. The molecule has 0 aromatic heterocycles. The third-order valence-corrected chi connectivity index (χ3v) is 5.02. The van der Waals surface area contributed by atoms with Gasteiger partial charge in [-0.25, -0.2) is 0 Å². The summed E-state index contributed by atoms with van der Waals surface area (Å²) >= 11 is 0. The summed E-state index contributed by atoms with van der Waals surface area (Å²) in [6.45, 7) is 2.29. The summed E-state index contributed by atoms with van der Waals surface area (Å²) in [4.78, 5) is 14.9. The Morgan fingerprint density at radius 3 is 2.10 bits per heavy atom. The number of amides is 1. The molecule has 0 unspecified atom stereocenters. The van der Waals surface area contributed by atoms with E-state index in [9.17, 15) is 4.79 Å². The molecule has 0 atom stereocenters. The van der Waals surface area contributed by atoms with Crippen molar-refractivity contribution >= 4 is 5.91 Å². The van der Waals surface area contributed by atoms with E-state index in [1.54, 1.807) is 4.90 Å². The lowest BCUT2D eigenvalue weighted by Crippen LogP contribution is -2.38. The van der Waals surface area contributed by atoms with Crippen molar-refractivity contribution in [1.29, 1.82) is 0 Å². The lowest BCUT2D eigenvalue weighted by molar-refractivity contribution is -0.137. The van der Waals surface area contributed by atoms with Crippen LogP contribution in [0.5, 0.6) is 23.0 Å². The van der Waals surface area contributed by atoms with Gasteiger partial charge in [0.05, 0.1) is 26.2 Å². The maximum absolute atomic E-state index is 13.1. The zero-order valence-electron chi connectivity index (χ0n) is 15.8. The lowest BCUT2D eigenvalue weighted by Gasteiger charge is -2.25. The molecule has 2 aromatic carbocycles. The molecule has 3 aliphatic heterocycles. The minimum atomic E-state index is -0.412. The predicted octanol–water partition coefficient (Wildman–Crippen LogP) is 2.09. The van der Waals surface area contributed by atoms with Gasteiger partial charge in [0.15, 0.2) is 29.3 Å². The minimum Gasteiger partial charge on any atom is -0.454 e. The van der Waals surface area contributed by atoms with Gasteiger partial charge in [0.25, 0.3) is 0 Å². The maximum Gasteiger partial charge on any atom is 0.231 e. The van der Waals surface area contributed by atoms with Crippen molar-refractivity contribution in [3.05, 3.63) is 47.5 Å². The van der Waals surface area contributed by atoms with Crippen LogP contribution >= 0.6 is 0 Å². The Morgan fingerprint density at radius 2 is 1.41 bits per heavy atom. The van der Waals surface area contributed by atoms with E-state index in [2.05, 4.69) is 0 Å². The van der Waals surface area contributed by atoms with Crippen LogP contribution in [0.4, 0.5) is 0 Å². The molecule has 1 fully saturated rings. The van der Waals surface area contributed by atoms with E-state index in [0.29, 0.717) is 43.6 Å². The molecule has 1 saturated heterocycles. The number of carbonyl (C=O) groups excluding carboxylic acids is 1. The molecule has 2 aromatic rings. The fourth-order valence-electron chi connectivity index (χ4n) is 3.54. The van der Waals surface area contributed by atoms with Crippen LogP contribution in [0.15, 0.2) is 36.4 Å². The van der Waals surface area contributed by atoms with Crippen LogP contribution in [-0.4, -0.2) is 50.4 Å². The van der Waals surface area contributed by atoms with E-state index in [1.165, 1.54) is 0 Å². The highest BCUT2D eigenvalue weighted by Crippen LogP contribution is 2.34.